The first-order valence-corrected chi connectivity index (χ1v) is 12.7. The molecule has 0 bridgehead atoms. The molecular weight excluding hydrogens is 460 g/mol. The lowest BCUT2D eigenvalue weighted by atomic mass is 9.95. The lowest BCUT2D eigenvalue weighted by Crippen LogP contribution is -2.51. The van der Waals surface area contributed by atoms with E-state index in [1.807, 2.05) is 0 Å². The zero-order valence-electron chi connectivity index (χ0n) is 20.9. The van der Waals surface area contributed by atoms with Gasteiger partial charge in [0.25, 0.3) is 0 Å². The topological polar surface area (TPSA) is 67.7 Å². The molecule has 5 rings (SSSR count). The van der Waals surface area contributed by atoms with Gasteiger partial charge in [-0.15, -0.1) is 12.4 Å². The molecule has 0 saturated carbocycles. The quantitative estimate of drug-likeness (QED) is 0.658. The number of rotatable bonds is 6. The molecule has 1 aromatic carbocycles. The van der Waals surface area contributed by atoms with Gasteiger partial charge in [-0.2, -0.15) is 10.2 Å². The van der Waals surface area contributed by atoms with Gasteiger partial charge in [-0.3, -0.25) is 4.90 Å². The van der Waals surface area contributed by atoms with Crippen molar-refractivity contribution in [3.8, 4) is 11.9 Å². The molecule has 2 saturated heterocycles. The molecule has 3 aliphatic rings. The van der Waals surface area contributed by atoms with E-state index in [4.69, 9.17) is 9.72 Å². The second-order valence-electron chi connectivity index (χ2n) is 9.96. The number of nitriles is 1. The molecule has 4 heterocycles. The number of nitrogens with zero attached hydrogens (tertiary/aromatic N) is 5. The average Bonchev–Trinajstić information content (AvgIpc) is 3.27. The highest BCUT2D eigenvalue weighted by Gasteiger charge is 2.31. The van der Waals surface area contributed by atoms with Gasteiger partial charge in [0.1, 0.15) is 24.1 Å². The van der Waals surface area contributed by atoms with Crippen LogP contribution in [0.1, 0.15) is 42.0 Å². The Labute approximate surface area is 215 Å². The maximum Gasteiger partial charge on any atom is 0.234 e. The molecule has 3 aliphatic heterocycles. The van der Waals surface area contributed by atoms with Crippen LogP contribution in [0.15, 0.2) is 30.3 Å². The Morgan fingerprint density at radius 3 is 2.71 bits per heavy atom. The maximum atomic E-state index is 10.2. The molecule has 2 atom stereocenters. The van der Waals surface area contributed by atoms with Crippen molar-refractivity contribution in [1.82, 2.24) is 20.1 Å². The molecule has 8 heteroatoms. The first-order valence-electron chi connectivity index (χ1n) is 12.7. The van der Waals surface area contributed by atoms with Crippen LogP contribution >= 0.6 is 12.4 Å². The van der Waals surface area contributed by atoms with E-state index in [9.17, 15) is 5.26 Å². The van der Waals surface area contributed by atoms with E-state index in [0.717, 1.165) is 70.0 Å². The Morgan fingerprint density at radius 1 is 1.17 bits per heavy atom. The summed E-state index contributed by atoms with van der Waals surface area (Å²) in [7, 11) is 2.15. The normalized spacial score (nSPS) is 22.8. The SMILES string of the molecule is C[C@H]1CNCCN1c1nc(OCC2CCCN2C)c(C#N)c2c1CCN(Cc1ccccc1)C2.Cl. The summed E-state index contributed by atoms with van der Waals surface area (Å²) in [6, 6.07) is 13.8. The van der Waals surface area contributed by atoms with E-state index >= 15 is 0 Å². The molecule has 0 amide bonds. The third-order valence-corrected chi connectivity index (χ3v) is 7.64. The Bertz CT molecular complexity index is 1040. The Balaban J connectivity index is 0.00000289. The van der Waals surface area contributed by atoms with Crippen molar-refractivity contribution in [2.75, 3.05) is 51.3 Å². The first-order chi connectivity index (χ1) is 16.6. The number of halogens is 1. The van der Waals surface area contributed by atoms with E-state index in [1.165, 1.54) is 17.5 Å². The first kappa shape index (κ1) is 25.7. The molecule has 7 nitrogen and oxygen atoms in total. The van der Waals surface area contributed by atoms with Crippen LogP contribution in [-0.2, 0) is 19.5 Å². The van der Waals surface area contributed by atoms with Crippen molar-refractivity contribution >= 4 is 18.2 Å². The fourth-order valence-electron chi connectivity index (χ4n) is 5.60. The molecule has 188 valence electrons. The van der Waals surface area contributed by atoms with Gasteiger partial charge >= 0.3 is 0 Å². The van der Waals surface area contributed by atoms with Gasteiger partial charge in [-0.1, -0.05) is 30.3 Å². The fourth-order valence-corrected chi connectivity index (χ4v) is 5.60. The third-order valence-electron chi connectivity index (χ3n) is 7.64. The van der Waals surface area contributed by atoms with Crippen LogP contribution in [-0.4, -0.2) is 73.2 Å². The van der Waals surface area contributed by atoms with Crippen molar-refractivity contribution in [3.63, 3.8) is 0 Å². The predicted molar refractivity (Wildman–Crippen MR) is 141 cm³/mol. The molecule has 2 fully saturated rings. The van der Waals surface area contributed by atoms with Crippen LogP contribution in [0.5, 0.6) is 5.88 Å². The smallest absolute Gasteiger partial charge is 0.234 e. The van der Waals surface area contributed by atoms with Crippen LogP contribution in [0.2, 0.25) is 0 Å². The summed E-state index contributed by atoms with van der Waals surface area (Å²) in [4.78, 5) is 12.3. The number of ether oxygens (including phenoxy) is 1. The molecule has 1 aromatic heterocycles. The second-order valence-corrected chi connectivity index (χ2v) is 9.96. The summed E-state index contributed by atoms with van der Waals surface area (Å²) in [6.07, 6.45) is 3.24. The second kappa shape index (κ2) is 11.6. The number of pyridine rings is 1. The summed E-state index contributed by atoms with van der Waals surface area (Å²) in [6.45, 7) is 9.36. The number of hydrogen-bond acceptors (Lipinski definition) is 7. The maximum absolute atomic E-state index is 10.2. The number of fused-ring (bicyclic) bond motifs is 1. The van der Waals surface area contributed by atoms with E-state index < -0.39 is 0 Å². The zero-order valence-corrected chi connectivity index (χ0v) is 21.7. The zero-order chi connectivity index (χ0) is 23.5. The van der Waals surface area contributed by atoms with Crippen LogP contribution in [0.25, 0.3) is 0 Å². The third kappa shape index (κ3) is 5.57. The van der Waals surface area contributed by atoms with E-state index in [-0.39, 0.29) is 12.4 Å². The number of hydrogen-bond donors (Lipinski definition) is 1. The van der Waals surface area contributed by atoms with Gasteiger partial charge in [0, 0.05) is 56.9 Å². The van der Waals surface area contributed by atoms with Gasteiger partial charge in [-0.25, -0.2) is 0 Å². The van der Waals surface area contributed by atoms with Crippen LogP contribution < -0.4 is 15.0 Å². The molecule has 0 spiro atoms. The predicted octanol–water partition coefficient (Wildman–Crippen LogP) is 3.20. The average molecular weight is 497 g/mol. The lowest BCUT2D eigenvalue weighted by Gasteiger charge is -2.39. The Morgan fingerprint density at radius 2 is 2.00 bits per heavy atom. The summed E-state index contributed by atoms with van der Waals surface area (Å²) >= 11 is 0. The van der Waals surface area contributed by atoms with E-state index in [2.05, 4.69) is 70.4 Å². The van der Waals surface area contributed by atoms with Gasteiger partial charge in [-0.05, 0) is 50.9 Å². The van der Waals surface area contributed by atoms with Crippen molar-refractivity contribution in [1.29, 1.82) is 5.26 Å². The number of aromatic nitrogens is 1. The molecule has 2 aromatic rings. The number of likely N-dealkylation sites (tertiary alicyclic amines) is 1. The van der Waals surface area contributed by atoms with Crippen molar-refractivity contribution < 1.29 is 4.74 Å². The monoisotopic (exact) mass is 496 g/mol. The molecular formula is C27H37ClN6O. The molecule has 35 heavy (non-hydrogen) atoms. The van der Waals surface area contributed by atoms with Crippen LogP contribution in [0.3, 0.4) is 0 Å². The summed E-state index contributed by atoms with van der Waals surface area (Å²) in [5.74, 6) is 1.54. The molecule has 1 unspecified atom stereocenters. The fraction of sp³-hybridized carbons (Fsp3) is 0.556. The summed E-state index contributed by atoms with van der Waals surface area (Å²) < 4.78 is 6.33. The van der Waals surface area contributed by atoms with Crippen molar-refractivity contribution in [3.05, 3.63) is 52.6 Å². The number of benzene rings is 1. The van der Waals surface area contributed by atoms with Gasteiger partial charge in [0.2, 0.25) is 5.88 Å². The minimum Gasteiger partial charge on any atom is -0.475 e. The highest BCUT2D eigenvalue weighted by molar-refractivity contribution is 5.85. The number of likely N-dealkylation sites (N-methyl/N-ethyl adjacent to an activating group) is 1. The Kier molecular flexibility index (Phi) is 8.51. The minimum absolute atomic E-state index is 0. The molecule has 0 aliphatic carbocycles. The number of anilines is 1. The van der Waals surface area contributed by atoms with Crippen molar-refractivity contribution in [2.45, 2.75) is 51.4 Å². The molecule has 0 radical (unpaired) electrons. The Hall–Kier alpha value is -2.37. The highest BCUT2D eigenvalue weighted by Crippen LogP contribution is 2.36. The largest absolute Gasteiger partial charge is 0.475 e. The summed E-state index contributed by atoms with van der Waals surface area (Å²) in [5, 5.41) is 13.7. The number of piperazine rings is 1. The van der Waals surface area contributed by atoms with Crippen LogP contribution in [0, 0.1) is 11.3 Å². The van der Waals surface area contributed by atoms with Gasteiger partial charge in [0.05, 0.1) is 0 Å². The lowest BCUT2D eigenvalue weighted by molar-refractivity contribution is 0.191. The minimum atomic E-state index is 0. The number of nitrogens with one attached hydrogen (secondary N) is 1. The van der Waals surface area contributed by atoms with Gasteiger partial charge < -0.3 is 19.9 Å². The van der Waals surface area contributed by atoms with E-state index in [0.29, 0.717) is 30.1 Å². The van der Waals surface area contributed by atoms with Crippen molar-refractivity contribution in [2.24, 2.45) is 0 Å². The standard InChI is InChI=1S/C27H36N6O.ClH/c1-20-16-29-11-14-33(20)26-23-10-13-32(17-21-7-4-3-5-8-21)18-25(23)24(15-28)27(30-26)34-19-22-9-6-12-31(22)2;/h3-5,7-8,20,22,29H,6,9-14,16-19H2,1-2H3;1H/t20-,22?;/m0./s1. The highest BCUT2D eigenvalue weighted by atomic mass is 35.5. The summed E-state index contributed by atoms with van der Waals surface area (Å²) in [5.41, 5.74) is 4.27. The van der Waals surface area contributed by atoms with Gasteiger partial charge in [0.15, 0.2) is 0 Å². The molecule has 1 N–H and O–H groups in total. The van der Waals surface area contributed by atoms with Crippen LogP contribution in [0.4, 0.5) is 5.82 Å². The van der Waals surface area contributed by atoms with E-state index in [1.54, 1.807) is 0 Å².